The van der Waals surface area contributed by atoms with Crippen molar-refractivity contribution in [1.82, 2.24) is 0 Å². The van der Waals surface area contributed by atoms with Gasteiger partial charge in [-0.2, -0.15) is 0 Å². The number of aliphatic hydroxyl groups is 2. The Morgan fingerprint density at radius 3 is 2.27 bits per heavy atom. The van der Waals surface area contributed by atoms with E-state index in [1.807, 2.05) is 0 Å². The maximum atomic E-state index is 9.25. The standard InChI is InChI=1S/C6H14N2O3/c1-2-3(7)4(9)5(10)6(8)11-2/h2-6,9-10H,7-8H2,1H3. The molecule has 0 aliphatic carbocycles. The molecule has 66 valence electrons. The highest BCUT2D eigenvalue weighted by Crippen LogP contribution is 2.15. The Hall–Kier alpha value is -0.200. The van der Waals surface area contributed by atoms with E-state index in [1.165, 1.54) is 0 Å². The van der Waals surface area contributed by atoms with Crippen molar-refractivity contribution in [3.63, 3.8) is 0 Å². The van der Waals surface area contributed by atoms with Crippen LogP contribution >= 0.6 is 0 Å². The first kappa shape index (κ1) is 8.89. The summed E-state index contributed by atoms with van der Waals surface area (Å²) in [7, 11) is 0. The van der Waals surface area contributed by atoms with E-state index in [-0.39, 0.29) is 6.10 Å². The van der Waals surface area contributed by atoms with E-state index in [9.17, 15) is 5.11 Å². The first-order valence-corrected chi connectivity index (χ1v) is 3.57. The second kappa shape index (κ2) is 3.04. The van der Waals surface area contributed by atoms with Gasteiger partial charge in [0.15, 0.2) is 0 Å². The van der Waals surface area contributed by atoms with Gasteiger partial charge < -0.3 is 26.4 Å². The van der Waals surface area contributed by atoms with Crippen molar-refractivity contribution in [1.29, 1.82) is 0 Å². The molecule has 0 aromatic carbocycles. The molecule has 0 spiro atoms. The lowest BCUT2D eigenvalue weighted by Gasteiger charge is -2.38. The zero-order chi connectivity index (χ0) is 8.59. The Labute approximate surface area is 64.9 Å². The highest BCUT2D eigenvalue weighted by atomic mass is 16.5. The Morgan fingerprint density at radius 2 is 1.73 bits per heavy atom. The summed E-state index contributed by atoms with van der Waals surface area (Å²) in [4.78, 5) is 0. The van der Waals surface area contributed by atoms with Crippen molar-refractivity contribution in [2.24, 2.45) is 11.5 Å². The fourth-order valence-corrected chi connectivity index (χ4v) is 1.12. The van der Waals surface area contributed by atoms with Gasteiger partial charge in [0, 0.05) is 0 Å². The number of aliphatic hydroxyl groups excluding tert-OH is 2. The fourth-order valence-electron chi connectivity index (χ4n) is 1.12. The van der Waals surface area contributed by atoms with Gasteiger partial charge in [0.1, 0.15) is 18.4 Å². The Bertz CT molecular complexity index is 130. The molecule has 5 nitrogen and oxygen atoms in total. The van der Waals surface area contributed by atoms with E-state index in [2.05, 4.69) is 0 Å². The summed E-state index contributed by atoms with van der Waals surface area (Å²) in [6, 6.07) is -0.565. The van der Waals surface area contributed by atoms with Crippen LogP contribution in [0.15, 0.2) is 0 Å². The third-order valence-corrected chi connectivity index (χ3v) is 1.99. The molecule has 0 bridgehead atoms. The molecule has 5 atom stereocenters. The van der Waals surface area contributed by atoms with Gasteiger partial charge in [0.05, 0.1) is 12.1 Å². The summed E-state index contributed by atoms with van der Waals surface area (Å²) < 4.78 is 5.02. The molecule has 1 aliphatic heterocycles. The Kier molecular flexibility index (Phi) is 2.46. The minimum atomic E-state index is -1.08. The number of hydrogen-bond donors (Lipinski definition) is 4. The van der Waals surface area contributed by atoms with Crippen LogP contribution in [0.4, 0.5) is 0 Å². The maximum absolute atomic E-state index is 9.25. The minimum absolute atomic E-state index is 0.316. The predicted molar refractivity (Wildman–Crippen MR) is 38.5 cm³/mol. The summed E-state index contributed by atoms with van der Waals surface area (Å²) in [6.45, 7) is 1.71. The summed E-state index contributed by atoms with van der Waals surface area (Å²) in [5.74, 6) is 0. The largest absolute Gasteiger partial charge is 0.389 e. The van der Waals surface area contributed by atoms with E-state index >= 15 is 0 Å². The summed E-state index contributed by atoms with van der Waals surface area (Å²) in [6.07, 6.45) is -3.22. The molecule has 1 heterocycles. The molecule has 5 unspecified atom stereocenters. The molecule has 5 heteroatoms. The van der Waals surface area contributed by atoms with Crippen LogP contribution in [0.3, 0.4) is 0 Å². The van der Waals surface area contributed by atoms with Gasteiger partial charge in [-0.1, -0.05) is 0 Å². The number of hydrogen-bond acceptors (Lipinski definition) is 5. The third-order valence-electron chi connectivity index (χ3n) is 1.99. The first-order chi connectivity index (χ1) is 5.04. The smallest absolute Gasteiger partial charge is 0.134 e. The van der Waals surface area contributed by atoms with Gasteiger partial charge in [-0.25, -0.2) is 0 Å². The van der Waals surface area contributed by atoms with E-state index in [0.29, 0.717) is 0 Å². The average Bonchev–Trinajstić information content (AvgIpc) is 1.97. The highest BCUT2D eigenvalue weighted by molar-refractivity contribution is 4.90. The molecule has 0 aromatic rings. The lowest BCUT2D eigenvalue weighted by Crippen LogP contribution is -2.62. The van der Waals surface area contributed by atoms with Crippen molar-refractivity contribution >= 4 is 0 Å². The van der Waals surface area contributed by atoms with E-state index < -0.39 is 24.5 Å². The van der Waals surface area contributed by atoms with Crippen LogP contribution in [0.2, 0.25) is 0 Å². The van der Waals surface area contributed by atoms with E-state index in [4.69, 9.17) is 21.3 Å². The maximum Gasteiger partial charge on any atom is 0.134 e. The number of ether oxygens (including phenoxy) is 1. The third kappa shape index (κ3) is 1.52. The molecule has 1 rings (SSSR count). The van der Waals surface area contributed by atoms with Crippen LogP contribution in [0, 0.1) is 0 Å². The normalized spacial score (nSPS) is 52.6. The molecule has 0 aromatic heterocycles. The van der Waals surface area contributed by atoms with Crippen LogP contribution in [0.5, 0.6) is 0 Å². The van der Waals surface area contributed by atoms with Crippen LogP contribution in [-0.2, 0) is 4.74 Å². The lowest BCUT2D eigenvalue weighted by atomic mass is 9.98. The fraction of sp³-hybridized carbons (Fsp3) is 1.00. The summed E-state index contributed by atoms with van der Waals surface area (Å²) in [5, 5.41) is 18.4. The average molecular weight is 162 g/mol. The molecule has 11 heavy (non-hydrogen) atoms. The van der Waals surface area contributed by atoms with Gasteiger partial charge >= 0.3 is 0 Å². The van der Waals surface area contributed by atoms with Gasteiger partial charge in [-0.15, -0.1) is 0 Å². The van der Waals surface area contributed by atoms with Crippen LogP contribution < -0.4 is 11.5 Å². The Morgan fingerprint density at radius 1 is 1.18 bits per heavy atom. The minimum Gasteiger partial charge on any atom is -0.389 e. The molecule has 0 amide bonds. The number of nitrogens with two attached hydrogens (primary N) is 2. The zero-order valence-electron chi connectivity index (χ0n) is 6.34. The second-order valence-electron chi connectivity index (χ2n) is 2.86. The topological polar surface area (TPSA) is 102 Å². The van der Waals surface area contributed by atoms with E-state index in [0.717, 1.165) is 0 Å². The molecular weight excluding hydrogens is 148 g/mol. The van der Waals surface area contributed by atoms with Crippen molar-refractivity contribution < 1.29 is 14.9 Å². The van der Waals surface area contributed by atoms with Crippen molar-refractivity contribution in [3.05, 3.63) is 0 Å². The van der Waals surface area contributed by atoms with Crippen LogP contribution in [0.25, 0.3) is 0 Å². The van der Waals surface area contributed by atoms with Gasteiger partial charge in [-0.3, -0.25) is 0 Å². The quantitative estimate of drug-likeness (QED) is 0.322. The van der Waals surface area contributed by atoms with Crippen molar-refractivity contribution in [2.75, 3.05) is 0 Å². The van der Waals surface area contributed by atoms with Gasteiger partial charge in [0.25, 0.3) is 0 Å². The predicted octanol–water partition coefficient (Wildman–Crippen LogP) is -2.26. The second-order valence-corrected chi connectivity index (χ2v) is 2.86. The molecule has 6 N–H and O–H groups in total. The monoisotopic (exact) mass is 162 g/mol. The molecular formula is C6H14N2O3. The molecule has 1 fully saturated rings. The van der Waals surface area contributed by atoms with Gasteiger partial charge in [0.2, 0.25) is 0 Å². The van der Waals surface area contributed by atoms with Crippen molar-refractivity contribution in [2.45, 2.75) is 37.5 Å². The zero-order valence-corrected chi connectivity index (χ0v) is 6.34. The van der Waals surface area contributed by atoms with Crippen molar-refractivity contribution in [3.8, 4) is 0 Å². The first-order valence-electron chi connectivity index (χ1n) is 3.57. The lowest BCUT2D eigenvalue weighted by molar-refractivity contribution is -0.170. The summed E-state index contributed by atoms with van der Waals surface area (Å²) >= 11 is 0. The molecule has 1 aliphatic rings. The molecule has 1 saturated heterocycles. The Balaban J connectivity index is 2.63. The number of rotatable bonds is 0. The van der Waals surface area contributed by atoms with Crippen LogP contribution in [0.1, 0.15) is 6.92 Å². The van der Waals surface area contributed by atoms with Crippen LogP contribution in [-0.4, -0.2) is 40.8 Å². The summed E-state index contributed by atoms with van der Waals surface area (Å²) in [5.41, 5.74) is 10.8. The van der Waals surface area contributed by atoms with E-state index in [1.54, 1.807) is 6.92 Å². The highest BCUT2D eigenvalue weighted by Gasteiger charge is 2.38. The molecule has 0 saturated carbocycles. The van der Waals surface area contributed by atoms with Gasteiger partial charge in [-0.05, 0) is 6.92 Å². The SMILES string of the molecule is CC1OC(N)C(O)C(O)C1N. The molecule has 0 radical (unpaired) electrons.